The number of hydrogen-bond acceptors (Lipinski definition) is 6. The van der Waals surface area contributed by atoms with Crippen LogP contribution in [0.25, 0.3) is 0 Å². The Bertz CT molecular complexity index is 1040. The predicted molar refractivity (Wildman–Crippen MR) is 226 cm³/mol. The minimum absolute atomic E-state index is 0.0292. The Morgan fingerprint density at radius 2 is 0.904 bits per heavy atom. The first-order valence-corrected chi connectivity index (χ1v) is 21.8. The van der Waals surface area contributed by atoms with Crippen molar-refractivity contribution in [1.29, 1.82) is 0 Å². The summed E-state index contributed by atoms with van der Waals surface area (Å²) in [6.45, 7) is 10.5. The Labute approximate surface area is 324 Å². The van der Waals surface area contributed by atoms with Crippen molar-refractivity contribution >= 4 is 45.2 Å². The van der Waals surface area contributed by atoms with Crippen LogP contribution in [0.2, 0.25) is 0 Å². The van der Waals surface area contributed by atoms with Crippen LogP contribution in [0.4, 0.5) is 0 Å². The monoisotopic (exact) mass is 758 g/mol. The van der Waals surface area contributed by atoms with Gasteiger partial charge in [-0.15, -0.1) is 13.2 Å². The number of amides is 4. The van der Waals surface area contributed by atoms with E-state index in [4.69, 9.17) is 0 Å². The molecule has 0 rings (SSSR count). The number of carbonyl (C=O) groups excluding carboxylic acids is 4. The molecule has 0 aliphatic rings. The third-order valence-electron chi connectivity index (χ3n) is 8.17. The SMILES string of the molecule is C=CC/C=C/N(C)C(=O)CCCCCCCC/C=C/C(CSSCC(/C=C/CCCCCCCCC(=O)N(C)/C=C/CC=C)NC(C)=O)NC(C)=O. The quantitative estimate of drug-likeness (QED) is 0.0393. The van der Waals surface area contributed by atoms with Crippen molar-refractivity contribution in [1.82, 2.24) is 20.4 Å². The average Bonchev–Trinajstić information content (AvgIpc) is 3.10. The molecule has 10 heteroatoms. The number of hydrogen-bond donors (Lipinski definition) is 2. The Kier molecular flexibility index (Phi) is 33.1. The van der Waals surface area contributed by atoms with Crippen LogP contribution in [0, 0.1) is 0 Å². The molecule has 0 spiro atoms. The summed E-state index contributed by atoms with van der Waals surface area (Å²) in [6.07, 6.45) is 37.5. The second-order valence-electron chi connectivity index (χ2n) is 13.2. The van der Waals surface area contributed by atoms with Crippen LogP contribution in [0.15, 0.2) is 74.2 Å². The maximum atomic E-state index is 12.1. The van der Waals surface area contributed by atoms with E-state index in [9.17, 15) is 19.2 Å². The number of nitrogens with one attached hydrogen (secondary N) is 2. The van der Waals surface area contributed by atoms with Crippen LogP contribution < -0.4 is 10.6 Å². The van der Waals surface area contributed by atoms with Gasteiger partial charge in [0, 0.05) is 64.7 Å². The molecule has 0 radical (unpaired) electrons. The topological polar surface area (TPSA) is 98.8 Å². The zero-order valence-corrected chi connectivity index (χ0v) is 34.5. The molecule has 0 aliphatic heterocycles. The summed E-state index contributed by atoms with van der Waals surface area (Å²) < 4.78 is 0. The lowest BCUT2D eigenvalue weighted by Crippen LogP contribution is -2.34. The Morgan fingerprint density at radius 3 is 1.25 bits per heavy atom. The van der Waals surface area contributed by atoms with Crippen LogP contribution in [-0.4, -0.2) is 71.1 Å². The second-order valence-corrected chi connectivity index (χ2v) is 15.7. The lowest BCUT2D eigenvalue weighted by molar-refractivity contribution is -0.128. The van der Waals surface area contributed by atoms with Gasteiger partial charge in [0.05, 0.1) is 12.1 Å². The van der Waals surface area contributed by atoms with E-state index in [1.807, 2.05) is 36.7 Å². The Hall–Kier alpha value is -2.98. The molecule has 2 atom stereocenters. The van der Waals surface area contributed by atoms with Crippen LogP contribution in [0.3, 0.4) is 0 Å². The molecule has 0 aromatic carbocycles. The van der Waals surface area contributed by atoms with Crippen molar-refractivity contribution in [2.75, 3.05) is 25.6 Å². The van der Waals surface area contributed by atoms with E-state index in [0.717, 1.165) is 101 Å². The van der Waals surface area contributed by atoms with Crippen LogP contribution >= 0.6 is 21.6 Å². The molecule has 0 saturated carbocycles. The summed E-state index contributed by atoms with van der Waals surface area (Å²) in [5.74, 6) is 1.75. The van der Waals surface area contributed by atoms with Gasteiger partial charge in [0.15, 0.2) is 0 Å². The molecule has 4 amide bonds. The highest BCUT2D eigenvalue weighted by Crippen LogP contribution is 2.24. The predicted octanol–water partition coefficient (Wildman–Crippen LogP) is 9.83. The molecule has 2 N–H and O–H groups in total. The highest BCUT2D eigenvalue weighted by atomic mass is 33.1. The fraction of sp³-hybridized carbons (Fsp3) is 0.619. The van der Waals surface area contributed by atoms with Crippen molar-refractivity contribution in [3.05, 3.63) is 74.2 Å². The summed E-state index contributed by atoms with van der Waals surface area (Å²) in [4.78, 5) is 51.2. The summed E-state index contributed by atoms with van der Waals surface area (Å²) in [5, 5.41) is 6.08. The third kappa shape index (κ3) is 31.7. The zero-order chi connectivity index (χ0) is 38.7. The first-order valence-electron chi connectivity index (χ1n) is 19.3. The van der Waals surface area contributed by atoms with Gasteiger partial charge in [-0.1, -0.05) is 122 Å². The van der Waals surface area contributed by atoms with Crippen molar-refractivity contribution < 1.29 is 19.2 Å². The van der Waals surface area contributed by atoms with Crippen molar-refractivity contribution in [3.8, 4) is 0 Å². The number of carbonyl (C=O) groups is 4. The van der Waals surface area contributed by atoms with E-state index >= 15 is 0 Å². The standard InChI is InChI=1S/C42H70N4O4S2/c1-7-9-27-33-45(5)41(49)31-25-21-17-13-11-15-19-23-29-39(43-37(3)47)35-51-52-36-40(44-38(4)48)30-24-20-16-12-14-18-22-26-32-42(50)46(6)34-28-10-8-2/h7-8,23-24,27-30,33-34,39-40H,1-2,9-22,25-26,31-32,35-36H2,3-6H3,(H,43,47)(H,44,48)/b29-23+,30-24+,33-27+,34-28+. The molecule has 0 aliphatic carbocycles. The largest absolute Gasteiger partial charge is 0.349 e. The highest BCUT2D eigenvalue weighted by molar-refractivity contribution is 8.76. The fourth-order valence-corrected chi connectivity index (χ4v) is 7.55. The molecule has 0 heterocycles. The van der Waals surface area contributed by atoms with Crippen LogP contribution in [-0.2, 0) is 19.2 Å². The van der Waals surface area contributed by atoms with Gasteiger partial charge in [0.2, 0.25) is 23.6 Å². The smallest absolute Gasteiger partial charge is 0.226 e. The molecule has 294 valence electrons. The van der Waals surface area contributed by atoms with Crippen molar-refractivity contribution in [3.63, 3.8) is 0 Å². The second kappa shape index (κ2) is 35.1. The average molecular weight is 759 g/mol. The van der Waals surface area contributed by atoms with Gasteiger partial charge >= 0.3 is 0 Å². The van der Waals surface area contributed by atoms with E-state index in [2.05, 4.69) is 48.1 Å². The van der Waals surface area contributed by atoms with Gasteiger partial charge in [-0.25, -0.2) is 0 Å². The molecule has 0 bridgehead atoms. The molecule has 0 aromatic rings. The Morgan fingerprint density at radius 1 is 0.558 bits per heavy atom. The molecule has 0 saturated heterocycles. The van der Waals surface area contributed by atoms with Gasteiger partial charge in [0.1, 0.15) is 0 Å². The van der Waals surface area contributed by atoms with E-state index < -0.39 is 0 Å². The Balaban J connectivity index is 4.22. The summed E-state index contributed by atoms with van der Waals surface area (Å²) in [7, 11) is 7.03. The van der Waals surface area contributed by atoms with Gasteiger partial charge < -0.3 is 20.4 Å². The van der Waals surface area contributed by atoms with Gasteiger partial charge in [0.25, 0.3) is 0 Å². The number of allylic oxidation sites excluding steroid dienone is 6. The van der Waals surface area contributed by atoms with Gasteiger partial charge in [-0.3, -0.25) is 19.2 Å². The maximum absolute atomic E-state index is 12.1. The molecule has 0 aromatic heterocycles. The molecule has 2 unspecified atom stereocenters. The van der Waals surface area contributed by atoms with Gasteiger partial charge in [-0.05, 0) is 51.4 Å². The van der Waals surface area contributed by atoms with Crippen molar-refractivity contribution in [2.24, 2.45) is 0 Å². The zero-order valence-electron chi connectivity index (χ0n) is 32.8. The summed E-state index contributed by atoms with van der Waals surface area (Å²) in [5.41, 5.74) is 0. The first kappa shape index (κ1) is 49.0. The lowest BCUT2D eigenvalue weighted by Gasteiger charge is -2.16. The number of unbranched alkanes of at least 4 members (excludes halogenated alkanes) is 12. The molecule has 52 heavy (non-hydrogen) atoms. The molecular formula is C42H70N4O4S2. The van der Waals surface area contributed by atoms with Crippen LogP contribution in [0.1, 0.15) is 129 Å². The molecule has 8 nitrogen and oxygen atoms in total. The lowest BCUT2D eigenvalue weighted by atomic mass is 10.1. The third-order valence-corrected chi connectivity index (χ3v) is 10.6. The van der Waals surface area contributed by atoms with E-state index in [1.165, 1.54) is 12.8 Å². The number of nitrogens with zero attached hydrogens (tertiary/aromatic N) is 2. The highest BCUT2D eigenvalue weighted by Gasteiger charge is 2.10. The van der Waals surface area contributed by atoms with E-state index in [1.54, 1.807) is 59.3 Å². The summed E-state index contributed by atoms with van der Waals surface area (Å²) >= 11 is 0. The first-order chi connectivity index (χ1) is 25.1. The fourth-order valence-electron chi connectivity index (χ4n) is 5.22. The van der Waals surface area contributed by atoms with E-state index in [0.29, 0.717) is 12.8 Å². The minimum atomic E-state index is -0.0390. The summed E-state index contributed by atoms with van der Waals surface area (Å²) in [6, 6.07) is -0.0585. The maximum Gasteiger partial charge on any atom is 0.226 e. The van der Waals surface area contributed by atoms with Crippen molar-refractivity contribution in [2.45, 2.75) is 142 Å². The van der Waals surface area contributed by atoms with E-state index in [-0.39, 0.29) is 35.7 Å². The number of rotatable bonds is 33. The van der Waals surface area contributed by atoms with Crippen LogP contribution in [0.5, 0.6) is 0 Å². The van der Waals surface area contributed by atoms with Gasteiger partial charge in [-0.2, -0.15) is 0 Å². The molecule has 0 fully saturated rings. The molecular weight excluding hydrogens is 689 g/mol. The minimum Gasteiger partial charge on any atom is -0.349 e. The normalized spacial score (nSPS) is 12.8.